The van der Waals surface area contributed by atoms with Crippen LogP contribution in [0.4, 0.5) is 11.4 Å². The molecular formula is C18H24N2O4. The van der Waals surface area contributed by atoms with Crippen molar-refractivity contribution in [3.8, 4) is 0 Å². The summed E-state index contributed by atoms with van der Waals surface area (Å²) in [4.78, 5) is 34.4. The van der Waals surface area contributed by atoms with Crippen LogP contribution in [0.2, 0.25) is 0 Å². The lowest BCUT2D eigenvalue weighted by Crippen LogP contribution is -2.21. The molecule has 1 aliphatic rings. The predicted molar refractivity (Wildman–Crippen MR) is 91.5 cm³/mol. The molecule has 6 heteroatoms. The number of carbonyl (C=O) groups is 3. The first-order valence-electron chi connectivity index (χ1n) is 8.36. The van der Waals surface area contributed by atoms with Crippen LogP contribution in [-0.4, -0.2) is 24.4 Å². The van der Waals surface area contributed by atoms with Gasteiger partial charge in [0.15, 0.2) is 6.61 Å². The molecule has 0 aromatic heterocycles. The van der Waals surface area contributed by atoms with Gasteiger partial charge in [0.05, 0.1) is 0 Å². The van der Waals surface area contributed by atoms with E-state index in [0.717, 1.165) is 6.42 Å². The lowest BCUT2D eigenvalue weighted by atomic mass is 10.0. The van der Waals surface area contributed by atoms with Gasteiger partial charge in [-0.25, -0.2) is 0 Å². The predicted octanol–water partition coefficient (Wildman–Crippen LogP) is 3.10. The molecule has 0 spiro atoms. The van der Waals surface area contributed by atoms with Crippen LogP contribution in [0.15, 0.2) is 24.3 Å². The van der Waals surface area contributed by atoms with Crippen molar-refractivity contribution in [1.82, 2.24) is 0 Å². The molecule has 0 atom stereocenters. The molecule has 1 aromatic rings. The first kappa shape index (κ1) is 18.0. The number of hydrogen-bond donors (Lipinski definition) is 2. The molecule has 1 aliphatic carbocycles. The second kappa shape index (κ2) is 9.05. The van der Waals surface area contributed by atoms with E-state index in [0.29, 0.717) is 23.7 Å². The molecule has 0 unspecified atom stereocenters. The van der Waals surface area contributed by atoms with Crippen molar-refractivity contribution >= 4 is 29.2 Å². The zero-order chi connectivity index (χ0) is 17.4. The number of esters is 1. The van der Waals surface area contributed by atoms with Crippen LogP contribution in [0.1, 0.15) is 45.4 Å². The number of benzene rings is 1. The fourth-order valence-electron chi connectivity index (χ4n) is 2.88. The van der Waals surface area contributed by atoms with Crippen LogP contribution in [-0.2, 0) is 19.1 Å². The quantitative estimate of drug-likeness (QED) is 0.752. The molecular weight excluding hydrogens is 308 g/mol. The molecule has 1 aromatic carbocycles. The SMILES string of the molecule is CC(=O)Nc1ccc(NC(=O)COC(=O)CCC2CCCC2)cc1. The number of ether oxygens (including phenoxy) is 1. The largest absolute Gasteiger partial charge is 0.456 e. The van der Waals surface area contributed by atoms with E-state index in [9.17, 15) is 14.4 Å². The van der Waals surface area contributed by atoms with Gasteiger partial charge in [0.2, 0.25) is 5.91 Å². The molecule has 1 fully saturated rings. The third-order valence-corrected chi connectivity index (χ3v) is 4.08. The van der Waals surface area contributed by atoms with Gasteiger partial charge >= 0.3 is 5.97 Å². The Kier molecular flexibility index (Phi) is 6.78. The molecule has 0 radical (unpaired) electrons. The summed E-state index contributed by atoms with van der Waals surface area (Å²) in [5.74, 6) is -0.223. The van der Waals surface area contributed by atoms with Gasteiger partial charge in [-0.15, -0.1) is 0 Å². The number of rotatable bonds is 7. The Morgan fingerprint density at radius 1 is 1.04 bits per heavy atom. The molecule has 2 N–H and O–H groups in total. The van der Waals surface area contributed by atoms with Gasteiger partial charge in [-0.1, -0.05) is 25.7 Å². The Morgan fingerprint density at radius 3 is 2.21 bits per heavy atom. The summed E-state index contributed by atoms with van der Waals surface area (Å²) >= 11 is 0. The van der Waals surface area contributed by atoms with Gasteiger partial charge < -0.3 is 15.4 Å². The molecule has 1 saturated carbocycles. The molecule has 24 heavy (non-hydrogen) atoms. The fourth-order valence-corrected chi connectivity index (χ4v) is 2.88. The van der Waals surface area contributed by atoms with Gasteiger partial charge in [-0.2, -0.15) is 0 Å². The fraction of sp³-hybridized carbons (Fsp3) is 0.500. The highest BCUT2D eigenvalue weighted by Crippen LogP contribution is 2.28. The Balaban J connectivity index is 1.66. The molecule has 130 valence electrons. The number of amides is 2. The Labute approximate surface area is 142 Å². The topological polar surface area (TPSA) is 84.5 Å². The minimum atomic E-state index is -0.378. The second-order valence-corrected chi connectivity index (χ2v) is 6.16. The third-order valence-electron chi connectivity index (χ3n) is 4.08. The zero-order valence-corrected chi connectivity index (χ0v) is 14.0. The highest BCUT2D eigenvalue weighted by molar-refractivity contribution is 5.93. The van der Waals surface area contributed by atoms with Crippen molar-refractivity contribution in [3.63, 3.8) is 0 Å². The van der Waals surface area contributed by atoms with E-state index in [1.54, 1.807) is 24.3 Å². The summed E-state index contributed by atoms with van der Waals surface area (Å²) in [5, 5.41) is 5.29. The number of anilines is 2. The van der Waals surface area contributed by atoms with Crippen molar-refractivity contribution in [1.29, 1.82) is 0 Å². The molecule has 0 aliphatic heterocycles. The minimum Gasteiger partial charge on any atom is -0.456 e. The maximum atomic E-state index is 11.8. The third kappa shape index (κ3) is 6.40. The lowest BCUT2D eigenvalue weighted by molar-refractivity contribution is -0.147. The van der Waals surface area contributed by atoms with Crippen molar-refractivity contribution in [2.45, 2.75) is 45.4 Å². The van der Waals surface area contributed by atoms with Crippen molar-refractivity contribution < 1.29 is 19.1 Å². The first-order valence-corrected chi connectivity index (χ1v) is 8.36. The average molecular weight is 332 g/mol. The van der Waals surface area contributed by atoms with Gasteiger partial charge in [-0.05, 0) is 36.6 Å². The van der Waals surface area contributed by atoms with Crippen LogP contribution in [0, 0.1) is 5.92 Å². The van der Waals surface area contributed by atoms with Crippen molar-refractivity contribution in [2.75, 3.05) is 17.2 Å². The minimum absolute atomic E-state index is 0.156. The standard InChI is InChI=1S/C18H24N2O4/c1-13(21)19-15-7-9-16(10-8-15)20-17(22)12-24-18(23)11-6-14-4-2-3-5-14/h7-10,14H,2-6,11-12H2,1H3,(H,19,21)(H,20,22). The zero-order valence-electron chi connectivity index (χ0n) is 14.0. The lowest BCUT2D eigenvalue weighted by Gasteiger charge is -2.09. The van der Waals surface area contributed by atoms with Gasteiger partial charge in [-0.3, -0.25) is 14.4 Å². The highest BCUT2D eigenvalue weighted by atomic mass is 16.5. The van der Waals surface area contributed by atoms with Gasteiger partial charge in [0.1, 0.15) is 0 Å². The van der Waals surface area contributed by atoms with Gasteiger partial charge in [0, 0.05) is 24.7 Å². The van der Waals surface area contributed by atoms with Crippen molar-refractivity contribution in [2.24, 2.45) is 5.92 Å². The maximum absolute atomic E-state index is 11.8. The van der Waals surface area contributed by atoms with E-state index in [1.807, 2.05) is 0 Å². The van der Waals surface area contributed by atoms with E-state index in [-0.39, 0.29) is 24.4 Å². The van der Waals surface area contributed by atoms with Crippen LogP contribution < -0.4 is 10.6 Å². The summed E-state index contributed by atoms with van der Waals surface area (Å²) in [5.41, 5.74) is 1.23. The first-order chi connectivity index (χ1) is 11.5. The number of nitrogens with one attached hydrogen (secondary N) is 2. The Bertz CT molecular complexity index is 577. The Morgan fingerprint density at radius 2 is 1.62 bits per heavy atom. The molecule has 2 amide bonds. The summed E-state index contributed by atoms with van der Waals surface area (Å²) < 4.78 is 5.00. The van der Waals surface area contributed by atoms with E-state index in [1.165, 1.54) is 32.6 Å². The van der Waals surface area contributed by atoms with Crippen LogP contribution in [0.3, 0.4) is 0 Å². The normalized spacial score (nSPS) is 14.2. The molecule has 0 bridgehead atoms. The summed E-state index contributed by atoms with van der Waals surface area (Å²) in [6.07, 6.45) is 6.13. The molecule has 2 rings (SSSR count). The van der Waals surface area contributed by atoms with E-state index in [4.69, 9.17) is 4.74 Å². The van der Waals surface area contributed by atoms with E-state index < -0.39 is 0 Å². The molecule has 0 heterocycles. The monoisotopic (exact) mass is 332 g/mol. The number of hydrogen-bond acceptors (Lipinski definition) is 4. The molecule has 6 nitrogen and oxygen atoms in total. The smallest absolute Gasteiger partial charge is 0.306 e. The van der Waals surface area contributed by atoms with Crippen LogP contribution >= 0.6 is 0 Å². The van der Waals surface area contributed by atoms with Crippen LogP contribution in [0.25, 0.3) is 0 Å². The summed E-state index contributed by atoms with van der Waals surface area (Å²) in [7, 11) is 0. The van der Waals surface area contributed by atoms with E-state index >= 15 is 0 Å². The molecule has 0 saturated heterocycles. The van der Waals surface area contributed by atoms with Crippen LogP contribution in [0.5, 0.6) is 0 Å². The van der Waals surface area contributed by atoms with Gasteiger partial charge in [0.25, 0.3) is 5.91 Å². The second-order valence-electron chi connectivity index (χ2n) is 6.16. The average Bonchev–Trinajstić information content (AvgIpc) is 3.06. The number of carbonyl (C=O) groups excluding carboxylic acids is 3. The Hall–Kier alpha value is -2.37. The van der Waals surface area contributed by atoms with E-state index in [2.05, 4.69) is 10.6 Å². The summed E-state index contributed by atoms with van der Waals surface area (Å²) in [6, 6.07) is 6.71. The van der Waals surface area contributed by atoms with Crippen molar-refractivity contribution in [3.05, 3.63) is 24.3 Å². The maximum Gasteiger partial charge on any atom is 0.306 e. The highest BCUT2D eigenvalue weighted by Gasteiger charge is 2.17. The summed E-state index contributed by atoms with van der Waals surface area (Å²) in [6.45, 7) is 1.15.